The summed E-state index contributed by atoms with van der Waals surface area (Å²) in [6.45, 7) is 5.38. The van der Waals surface area contributed by atoms with E-state index in [1.807, 2.05) is 11.8 Å². The molecule has 0 radical (unpaired) electrons. The zero-order valence-corrected chi connectivity index (χ0v) is 12.5. The summed E-state index contributed by atoms with van der Waals surface area (Å²) in [7, 11) is 0. The molecule has 0 saturated carbocycles. The standard InChI is InChI=1S/C14H20N4O4/c1-2-15-12-4-3-11(9-13(12)18(20)21)16-14(19)10-17-5-7-22-8-6-17/h3-4,9,15H,2,5-8,10H2,1H3,(H,16,19). The van der Waals surface area contributed by atoms with Gasteiger partial charge in [0.2, 0.25) is 5.91 Å². The third-order valence-corrected chi connectivity index (χ3v) is 3.32. The number of hydrogen-bond donors (Lipinski definition) is 2. The first-order valence-electron chi connectivity index (χ1n) is 7.22. The largest absolute Gasteiger partial charge is 0.380 e. The molecule has 22 heavy (non-hydrogen) atoms. The van der Waals surface area contributed by atoms with Crippen molar-refractivity contribution in [1.29, 1.82) is 0 Å². The van der Waals surface area contributed by atoms with Crippen molar-refractivity contribution >= 4 is 23.0 Å². The first-order valence-corrected chi connectivity index (χ1v) is 7.22. The van der Waals surface area contributed by atoms with Gasteiger partial charge in [0.15, 0.2) is 0 Å². The summed E-state index contributed by atoms with van der Waals surface area (Å²) in [5.41, 5.74) is 0.816. The Morgan fingerprint density at radius 1 is 1.41 bits per heavy atom. The van der Waals surface area contributed by atoms with Gasteiger partial charge in [0.25, 0.3) is 5.69 Å². The van der Waals surface area contributed by atoms with Gasteiger partial charge in [-0.15, -0.1) is 0 Å². The number of hydrogen-bond acceptors (Lipinski definition) is 6. The van der Waals surface area contributed by atoms with Crippen molar-refractivity contribution in [2.24, 2.45) is 0 Å². The molecule has 1 amide bonds. The molecule has 2 rings (SSSR count). The third kappa shape index (κ3) is 4.40. The highest BCUT2D eigenvalue weighted by molar-refractivity contribution is 5.93. The zero-order chi connectivity index (χ0) is 15.9. The second-order valence-electron chi connectivity index (χ2n) is 4.96. The molecule has 2 N–H and O–H groups in total. The smallest absolute Gasteiger partial charge is 0.294 e. The van der Waals surface area contributed by atoms with E-state index in [0.717, 1.165) is 0 Å². The van der Waals surface area contributed by atoms with E-state index in [1.165, 1.54) is 6.07 Å². The summed E-state index contributed by atoms with van der Waals surface area (Å²) in [5.74, 6) is -0.188. The van der Waals surface area contributed by atoms with Crippen LogP contribution in [0.15, 0.2) is 18.2 Å². The number of amides is 1. The lowest BCUT2D eigenvalue weighted by Gasteiger charge is -2.25. The zero-order valence-electron chi connectivity index (χ0n) is 12.5. The Bertz CT molecular complexity index is 544. The molecule has 1 saturated heterocycles. The Balaban J connectivity index is 2.00. The maximum Gasteiger partial charge on any atom is 0.294 e. The predicted molar refractivity (Wildman–Crippen MR) is 83.1 cm³/mol. The highest BCUT2D eigenvalue weighted by Crippen LogP contribution is 2.27. The van der Waals surface area contributed by atoms with Crippen LogP contribution in [0.2, 0.25) is 0 Å². The summed E-state index contributed by atoms with van der Waals surface area (Å²) in [5, 5.41) is 16.7. The van der Waals surface area contributed by atoms with Gasteiger partial charge in [-0.25, -0.2) is 0 Å². The lowest BCUT2D eigenvalue weighted by atomic mass is 10.2. The number of nitro benzene ring substituents is 1. The van der Waals surface area contributed by atoms with E-state index in [9.17, 15) is 14.9 Å². The molecule has 1 aromatic carbocycles. The monoisotopic (exact) mass is 308 g/mol. The summed E-state index contributed by atoms with van der Waals surface area (Å²) >= 11 is 0. The van der Waals surface area contributed by atoms with Gasteiger partial charge in [-0.2, -0.15) is 0 Å². The van der Waals surface area contributed by atoms with E-state index in [0.29, 0.717) is 44.2 Å². The highest BCUT2D eigenvalue weighted by atomic mass is 16.6. The van der Waals surface area contributed by atoms with Crippen LogP contribution in [0.1, 0.15) is 6.92 Å². The van der Waals surface area contributed by atoms with E-state index in [4.69, 9.17) is 4.74 Å². The molecular formula is C14H20N4O4. The van der Waals surface area contributed by atoms with Gasteiger partial charge in [0, 0.05) is 31.4 Å². The number of carbonyl (C=O) groups excluding carboxylic acids is 1. The first kappa shape index (κ1) is 16.2. The van der Waals surface area contributed by atoms with E-state index >= 15 is 0 Å². The van der Waals surface area contributed by atoms with Gasteiger partial charge in [0.1, 0.15) is 5.69 Å². The van der Waals surface area contributed by atoms with Gasteiger partial charge in [-0.3, -0.25) is 19.8 Å². The second-order valence-corrected chi connectivity index (χ2v) is 4.96. The van der Waals surface area contributed by atoms with E-state index in [-0.39, 0.29) is 18.1 Å². The highest BCUT2D eigenvalue weighted by Gasteiger charge is 2.17. The minimum atomic E-state index is -0.463. The molecule has 0 spiro atoms. The lowest BCUT2D eigenvalue weighted by molar-refractivity contribution is -0.383. The van der Waals surface area contributed by atoms with Crippen molar-refractivity contribution in [1.82, 2.24) is 4.90 Å². The van der Waals surface area contributed by atoms with Crippen LogP contribution < -0.4 is 10.6 Å². The summed E-state index contributed by atoms with van der Waals surface area (Å²) < 4.78 is 5.22. The summed E-state index contributed by atoms with van der Waals surface area (Å²) in [6, 6.07) is 4.63. The second kappa shape index (κ2) is 7.71. The molecule has 0 unspecified atom stereocenters. The van der Waals surface area contributed by atoms with Crippen molar-refractivity contribution < 1.29 is 14.5 Å². The van der Waals surface area contributed by atoms with Crippen LogP contribution in [0, 0.1) is 10.1 Å². The number of anilines is 2. The Kier molecular flexibility index (Phi) is 5.68. The molecule has 0 bridgehead atoms. The van der Waals surface area contributed by atoms with Gasteiger partial charge < -0.3 is 15.4 Å². The number of nitrogens with zero attached hydrogens (tertiary/aromatic N) is 2. The number of ether oxygens (including phenoxy) is 1. The quantitative estimate of drug-likeness (QED) is 0.607. The Morgan fingerprint density at radius 3 is 2.77 bits per heavy atom. The molecule has 1 heterocycles. The Hall–Kier alpha value is -2.19. The fourth-order valence-corrected chi connectivity index (χ4v) is 2.26. The maximum atomic E-state index is 12.0. The van der Waals surface area contributed by atoms with E-state index in [2.05, 4.69) is 10.6 Å². The maximum absolute atomic E-state index is 12.0. The average Bonchev–Trinajstić information content (AvgIpc) is 2.49. The fourth-order valence-electron chi connectivity index (χ4n) is 2.26. The van der Waals surface area contributed by atoms with E-state index in [1.54, 1.807) is 12.1 Å². The lowest BCUT2D eigenvalue weighted by Crippen LogP contribution is -2.41. The van der Waals surface area contributed by atoms with Crippen LogP contribution in [-0.2, 0) is 9.53 Å². The molecule has 8 nitrogen and oxygen atoms in total. The minimum Gasteiger partial charge on any atom is -0.380 e. The van der Waals surface area contributed by atoms with Crippen LogP contribution in [0.4, 0.5) is 17.1 Å². The van der Waals surface area contributed by atoms with Crippen molar-refractivity contribution in [3.8, 4) is 0 Å². The van der Waals surface area contributed by atoms with Crippen molar-refractivity contribution in [3.05, 3.63) is 28.3 Å². The number of nitrogens with one attached hydrogen (secondary N) is 2. The molecular weight excluding hydrogens is 288 g/mol. The van der Waals surface area contributed by atoms with Crippen molar-refractivity contribution in [2.75, 3.05) is 50.0 Å². The number of nitro groups is 1. The molecule has 1 aliphatic heterocycles. The topological polar surface area (TPSA) is 96.7 Å². The van der Waals surface area contributed by atoms with Crippen LogP contribution >= 0.6 is 0 Å². The molecule has 0 aromatic heterocycles. The number of morpholine rings is 1. The van der Waals surface area contributed by atoms with Gasteiger partial charge in [-0.1, -0.05) is 0 Å². The normalized spacial score (nSPS) is 15.3. The SMILES string of the molecule is CCNc1ccc(NC(=O)CN2CCOCC2)cc1[N+](=O)[O-]. The Labute approximate surface area is 128 Å². The molecule has 0 aliphatic carbocycles. The van der Waals surface area contributed by atoms with E-state index < -0.39 is 4.92 Å². The minimum absolute atomic E-state index is 0.0500. The van der Waals surface area contributed by atoms with Gasteiger partial charge in [0.05, 0.1) is 24.7 Å². The fraction of sp³-hybridized carbons (Fsp3) is 0.500. The molecule has 1 aliphatic rings. The molecule has 0 atom stereocenters. The number of rotatable bonds is 6. The molecule has 1 fully saturated rings. The summed E-state index contributed by atoms with van der Waals surface area (Å²) in [4.78, 5) is 24.6. The molecule has 120 valence electrons. The Morgan fingerprint density at radius 2 is 2.14 bits per heavy atom. The first-order chi connectivity index (χ1) is 10.6. The van der Waals surface area contributed by atoms with Crippen molar-refractivity contribution in [2.45, 2.75) is 6.92 Å². The van der Waals surface area contributed by atoms with Crippen LogP contribution in [0.3, 0.4) is 0 Å². The van der Waals surface area contributed by atoms with Crippen LogP contribution in [0.25, 0.3) is 0 Å². The van der Waals surface area contributed by atoms with Gasteiger partial charge >= 0.3 is 0 Å². The van der Waals surface area contributed by atoms with Crippen LogP contribution in [0.5, 0.6) is 0 Å². The average molecular weight is 308 g/mol. The van der Waals surface area contributed by atoms with Crippen LogP contribution in [-0.4, -0.2) is 55.1 Å². The number of benzene rings is 1. The van der Waals surface area contributed by atoms with Gasteiger partial charge in [-0.05, 0) is 19.1 Å². The van der Waals surface area contributed by atoms with Crippen molar-refractivity contribution in [3.63, 3.8) is 0 Å². The molecule has 8 heteroatoms. The third-order valence-electron chi connectivity index (χ3n) is 3.32. The molecule has 1 aromatic rings. The number of carbonyl (C=O) groups is 1. The predicted octanol–water partition coefficient (Wildman–Crippen LogP) is 1.30. The summed E-state index contributed by atoms with van der Waals surface area (Å²) in [6.07, 6.45) is 0.